The number of rotatable bonds is 9. The fourth-order valence-corrected chi connectivity index (χ4v) is 3.30. The van der Waals surface area contributed by atoms with E-state index in [1.54, 1.807) is 0 Å². The number of hydrogen-bond donors (Lipinski definition) is 1. The molecule has 1 aliphatic rings. The zero-order chi connectivity index (χ0) is 14.1. The van der Waals surface area contributed by atoms with Crippen molar-refractivity contribution in [3.63, 3.8) is 0 Å². The predicted octanol–water partition coefficient (Wildman–Crippen LogP) is 2.56. The number of nitrogens with two attached hydrogens (primary N) is 1. The molecule has 2 atom stereocenters. The van der Waals surface area contributed by atoms with Gasteiger partial charge in [0.2, 0.25) is 0 Å². The van der Waals surface area contributed by atoms with E-state index in [2.05, 4.69) is 30.6 Å². The summed E-state index contributed by atoms with van der Waals surface area (Å²) in [7, 11) is 0. The van der Waals surface area contributed by atoms with E-state index in [0.29, 0.717) is 6.04 Å². The zero-order valence-electron chi connectivity index (χ0n) is 13.4. The summed E-state index contributed by atoms with van der Waals surface area (Å²) >= 11 is 0. The maximum atomic E-state index is 6.09. The Morgan fingerprint density at radius 2 is 1.58 bits per heavy atom. The largest absolute Gasteiger partial charge is 0.328 e. The monoisotopic (exact) mass is 269 g/mol. The zero-order valence-corrected chi connectivity index (χ0v) is 13.4. The summed E-state index contributed by atoms with van der Waals surface area (Å²) < 4.78 is 0. The quantitative estimate of drug-likeness (QED) is 0.698. The molecule has 0 aromatic carbocycles. The van der Waals surface area contributed by atoms with E-state index in [9.17, 15) is 0 Å². The second-order valence-corrected chi connectivity index (χ2v) is 6.07. The fourth-order valence-electron chi connectivity index (χ4n) is 3.30. The van der Waals surface area contributed by atoms with E-state index in [1.807, 2.05) is 0 Å². The van der Waals surface area contributed by atoms with E-state index in [4.69, 9.17) is 5.73 Å². The Morgan fingerprint density at radius 1 is 0.947 bits per heavy atom. The van der Waals surface area contributed by atoms with Crippen molar-refractivity contribution in [1.29, 1.82) is 0 Å². The molecule has 0 saturated heterocycles. The molecule has 1 rings (SSSR count). The van der Waals surface area contributed by atoms with Crippen LogP contribution in [0.4, 0.5) is 0 Å². The highest BCUT2D eigenvalue weighted by molar-refractivity contribution is 4.77. The number of hydrogen-bond acceptors (Lipinski definition) is 3. The highest BCUT2D eigenvalue weighted by Crippen LogP contribution is 2.23. The highest BCUT2D eigenvalue weighted by atomic mass is 15.1. The van der Waals surface area contributed by atoms with Crippen LogP contribution in [0.25, 0.3) is 0 Å². The molecule has 1 fully saturated rings. The molecule has 0 aliphatic heterocycles. The maximum absolute atomic E-state index is 6.09. The van der Waals surface area contributed by atoms with Crippen LogP contribution < -0.4 is 5.73 Å². The van der Waals surface area contributed by atoms with E-state index in [1.165, 1.54) is 71.4 Å². The summed E-state index contributed by atoms with van der Waals surface area (Å²) in [6, 6.07) is 0.466. The third-order valence-electron chi connectivity index (χ3n) is 4.63. The van der Waals surface area contributed by atoms with Crippen LogP contribution in [-0.2, 0) is 0 Å². The maximum Gasteiger partial charge on any atom is 0.00419 e. The van der Waals surface area contributed by atoms with Gasteiger partial charge in [-0.3, -0.25) is 0 Å². The van der Waals surface area contributed by atoms with Gasteiger partial charge in [0.1, 0.15) is 0 Å². The minimum Gasteiger partial charge on any atom is -0.328 e. The second kappa shape index (κ2) is 9.73. The molecule has 0 bridgehead atoms. The summed E-state index contributed by atoms with van der Waals surface area (Å²) in [5, 5.41) is 0. The predicted molar refractivity (Wildman–Crippen MR) is 84.5 cm³/mol. The van der Waals surface area contributed by atoms with Crippen LogP contribution in [0.15, 0.2) is 0 Å². The number of nitrogens with zero attached hydrogens (tertiary/aromatic N) is 2. The third-order valence-corrected chi connectivity index (χ3v) is 4.63. The SMILES string of the molecule is CCN(CC)CCCN(CC)CC1CCCC(N)C1. The van der Waals surface area contributed by atoms with E-state index in [-0.39, 0.29) is 0 Å². The molecule has 3 heteroatoms. The smallest absolute Gasteiger partial charge is 0.00419 e. The minimum atomic E-state index is 0.466. The molecule has 0 aromatic rings. The fraction of sp³-hybridized carbons (Fsp3) is 1.00. The van der Waals surface area contributed by atoms with Gasteiger partial charge >= 0.3 is 0 Å². The van der Waals surface area contributed by atoms with Crippen LogP contribution in [0.5, 0.6) is 0 Å². The topological polar surface area (TPSA) is 32.5 Å². The van der Waals surface area contributed by atoms with Crippen molar-refractivity contribution in [2.45, 2.75) is 58.9 Å². The molecule has 2 N–H and O–H groups in total. The average Bonchev–Trinajstić information content (AvgIpc) is 2.42. The average molecular weight is 269 g/mol. The molecular formula is C16H35N3. The van der Waals surface area contributed by atoms with Gasteiger partial charge in [0, 0.05) is 12.6 Å². The van der Waals surface area contributed by atoms with Gasteiger partial charge in [-0.05, 0) is 64.3 Å². The lowest BCUT2D eigenvalue weighted by molar-refractivity contribution is 0.187. The van der Waals surface area contributed by atoms with Gasteiger partial charge in [-0.25, -0.2) is 0 Å². The van der Waals surface area contributed by atoms with Crippen LogP contribution in [0.1, 0.15) is 52.9 Å². The molecule has 0 heterocycles. The minimum absolute atomic E-state index is 0.466. The van der Waals surface area contributed by atoms with Gasteiger partial charge in [0.05, 0.1) is 0 Å². The van der Waals surface area contributed by atoms with Crippen LogP contribution in [0.2, 0.25) is 0 Å². The highest BCUT2D eigenvalue weighted by Gasteiger charge is 2.20. The van der Waals surface area contributed by atoms with Gasteiger partial charge in [-0.15, -0.1) is 0 Å². The molecule has 3 nitrogen and oxygen atoms in total. The lowest BCUT2D eigenvalue weighted by Crippen LogP contribution is -2.37. The van der Waals surface area contributed by atoms with Gasteiger partial charge in [-0.1, -0.05) is 27.2 Å². The van der Waals surface area contributed by atoms with Gasteiger partial charge in [0.15, 0.2) is 0 Å². The standard InChI is InChI=1S/C16H35N3/c1-4-18(5-2)11-8-12-19(6-3)14-15-9-7-10-16(17)13-15/h15-16H,4-14,17H2,1-3H3. The Balaban J connectivity index is 2.21. The van der Waals surface area contributed by atoms with Crippen molar-refractivity contribution in [2.24, 2.45) is 11.7 Å². The lowest BCUT2D eigenvalue weighted by atomic mass is 9.86. The summed E-state index contributed by atoms with van der Waals surface area (Å²) in [6.07, 6.45) is 6.51. The van der Waals surface area contributed by atoms with Crippen LogP contribution >= 0.6 is 0 Å². The first-order chi connectivity index (χ1) is 9.19. The van der Waals surface area contributed by atoms with Gasteiger partial charge < -0.3 is 15.5 Å². The van der Waals surface area contributed by atoms with Crippen LogP contribution in [0, 0.1) is 5.92 Å². The molecular weight excluding hydrogens is 234 g/mol. The van der Waals surface area contributed by atoms with Crippen LogP contribution in [-0.4, -0.2) is 55.1 Å². The Bertz CT molecular complexity index is 216. The second-order valence-electron chi connectivity index (χ2n) is 6.07. The van der Waals surface area contributed by atoms with Gasteiger partial charge in [-0.2, -0.15) is 0 Å². The Hall–Kier alpha value is -0.120. The molecule has 0 aromatic heterocycles. The Kier molecular flexibility index (Phi) is 8.67. The summed E-state index contributed by atoms with van der Waals surface area (Å²) in [5.74, 6) is 0.845. The van der Waals surface area contributed by atoms with Gasteiger partial charge in [0.25, 0.3) is 0 Å². The molecule has 19 heavy (non-hydrogen) atoms. The molecule has 0 radical (unpaired) electrons. The van der Waals surface area contributed by atoms with Crippen molar-refractivity contribution in [1.82, 2.24) is 9.80 Å². The molecule has 1 aliphatic carbocycles. The molecule has 114 valence electrons. The van der Waals surface area contributed by atoms with E-state index in [0.717, 1.165) is 5.92 Å². The third kappa shape index (κ3) is 6.73. The van der Waals surface area contributed by atoms with E-state index < -0.39 is 0 Å². The normalized spacial score (nSPS) is 24.3. The van der Waals surface area contributed by atoms with Crippen molar-refractivity contribution in [3.8, 4) is 0 Å². The summed E-state index contributed by atoms with van der Waals surface area (Å²) in [6.45, 7) is 14.1. The first kappa shape index (κ1) is 16.9. The summed E-state index contributed by atoms with van der Waals surface area (Å²) in [5.41, 5.74) is 6.09. The molecule has 1 saturated carbocycles. The lowest BCUT2D eigenvalue weighted by Gasteiger charge is -2.32. The first-order valence-corrected chi connectivity index (χ1v) is 8.39. The molecule has 2 unspecified atom stereocenters. The van der Waals surface area contributed by atoms with E-state index >= 15 is 0 Å². The first-order valence-electron chi connectivity index (χ1n) is 8.39. The Morgan fingerprint density at radius 3 is 2.16 bits per heavy atom. The van der Waals surface area contributed by atoms with Crippen molar-refractivity contribution >= 4 is 0 Å². The molecule has 0 spiro atoms. The molecule has 0 amide bonds. The Labute approximate surface area is 120 Å². The van der Waals surface area contributed by atoms with Crippen molar-refractivity contribution in [2.75, 3.05) is 39.3 Å². The van der Waals surface area contributed by atoms with Crippen molar-refractivity contribution < 1.29 is 0 Å². The van der Waals surface area contributed by atoms with Crippen LogP contribution in [0.3, 0.4) is 0 Å². The summed E-state index contributed by atoms with van der Waals surface area (Å²) in [4.78, 5) is 5.15. The van der Waals surface area contributed by atoms with Crippen molar-refractivity contribution in [3.05, 3.63) is 0 Å².